The Bertz CT molecular complexity index is 809. The van der Waals surface area contributed by atoms with Crippen LogP contribution in [0.1, 0.15) is 43.4 Å². The van der Waals surface area contributed by atoms with Crippen LogP contribution in [-0.4, -0.2) is 42.3 Å². The Labute approximate surface area is 170 Å². The van der Waals surface area contributed by atoms with Crippen LogP contribution in [-0.2, 0) is 4.79 Å². The summed E-state index contributed by atoms with van der Waals surface area (Å²) in [6, 6.07) is 12.5. The highest BCUT2D eigenvalue weighted by Gasteiger charge is 2.36. The number of carbonyl (C=O) groups is 1. The molecule has 5 nitrogen and oxygen atoms in total. The highest BCUT2D eigenvalue weighted by molar-refractivity contribution is 6.30. The Hall–Kier alpha value is -2.24. The fourth-order valence-corrected chi connectivity index (χ4v) is 4.09. The van der Waals surface area contributed by atoms with Gasteiger partial charge in [0, 0.05) is 10.6 Å². The summed E-state index contributed by atoms with van der Waals surface area (Å²) in [7, 11) is 1.62. The van der Waals surface area contributed by atoms with Crippen LogP contribution in [0.4, 0.5) is 0 Å². The third kappa shape index (κ3) is 4.42. The first-order valence-electron chi connectivity index (χ1n) is 9.60. The first kappa shape index (κ1) is 20.5. The summed E-state index contributed by atoms with van der Waals surface area (Å²) in [5.74, 6) is 0.686. The van der Waals surface area contributed by atoms with Crippen molar-refractivity contribution in [1.82, 2.24) is 4.90 Å². The zero-order chi connectivity index (χ0) is 20.1. The molecular formula is C22H26ClNO4. The molecule has 2 aromatic carbocycles. The summed E-state index contributed by atoms with van der Waals surface area (Å²) in [5.41, 5.74) is 1.85. The minimum absolute atomic E-state index is 0.272. The Morgan fingerprint density at radius 1 is 1.25 bits per heavy atom. The molecule has 0 saturated carbocycles. The lowest BCUT2D eigenvalue weighted by atomic mass is 9.91. The van der Waals surface area contributed by atoms with Gasteiger partial charge in [-0.05, 0) is 62.2 Å². The van der Waals surface area contributed by atoms with E-state index in [1.807, 2.05) is 43.3 Å². The minimum atomic E-state index is -0.795. The molecule has 3 rings (SSSR count). The molecule has 6 heteroatoms. The van der Waals surface area contributed by atoms with Crippen molar-refractivity contribution in [2.24, 2.45) is 0 Å². The van der Waals surface area contributed by atoms with Crippen LogP contribution in [0.15, 0.2) is 42.5 Å². The molecule has 1 fully saturated rings. The molecule has 0 aromatic heterocycles. The van der Waals surface area contributed by atoms with Gasteiger partial charge in [0.2, 0.25) is 0 Å². The first-order chi connectivity index (χ1) is 13.5. The second-order valence-electron chi connectivity index (χ2n) is 6.88. The van der Waals surface area contributed by atoms with E-state index in [9.17, 15) is 9.90 Å². The molecule has 0 radical (unpaired) electrons. The lowest BCUT2D eigenvalue weighted by Gasteiger charge is -2.40. The van der Waals surface area contributed by atoms with Crippen molar-refractivity contribution in [3.63, 3.8) is 0 Å². The molecule has 1 saturated heterocycles. The summed E-state index contributed by atoms with van der Waals surface area (Å²) in [4.78, 5) is 14.0. The van der Waals surface area contributed by atoms with Gasteiger partial charge in [-0.1, -0.05) is 30.2 Å². The normalized spacial score (nSPS) is 18.5. The van der Waals surface area contributed by atoms with Crippen molar-refractivity contribution in [3.8, 4) is 11.5 Å². The van der Waals surface area contributed by atoms with E-state index in [1.165, 1.54) is 0 Å². The number of aliphatic carboxylic acids is 1. The molecule has 1 heterocycles. The molecule has 1 N–H and O–H groups in total. The van der Waals surface area contributed by atoms with Crippen LogP contribution in [0.5, 0.6) is 11.5 Å². The first-order valence-corrected chi connectivity index (χ1v) is 9.97. The smallest absolute Gasteiger partial charge is 0.320 e. The third-order valence-corrected chi connectivity index (χ3v) is 5.39. The number of hydrogen-bond donors (Lipinski definition) is 1. The predicted molar refractivity (Wildman–Crippen MR) is 109 cm³/mol. The fourth-order valence-electron chi connectivity index (χ4n) is 3.91. The standard InChI is InChI=1S/C22H26ClNO4/c1-3-28-17-10-7-15(8-11-17)21(18-14-16(23)9-12-20(18)27-2)24-13-5-4-6-19(24)22(25)26/h7-12,14,19,21H,3-6,13H2,1-2H3,(H,25,26). The molecule has 0 bridgehead atoms. The fraction of sp³-hybridized carbons (Fsp3) is 0.409. The van der Waals surface area contributed by atoms with Gasteiger partial charge in [0.05, 0.1) is 19.8 Å². The predicted octanol–water partition coefficient (Wildman–Crippen LogP) is 4.78. The van der Waals surface area contributed by atoms with Crippen molar-refractivity contribution in [3.05, 3.63) is 58.6 Å². The number of likely N-dealkylation sites (tertiary alicyclic amines) is 1. The number of piperidine rings is 1. The van der Waals surface area contributed by atoms with E-state index in [0.29, 0.717) is 30.3 Å². The largest absolute Gasteiger partial charge is 0.496 e. The van der Waals surface area contributed by atoms with E-state index in [1.54, 1.807) is 13.2 Å². The Morgan fingerprint density at radius 2 is 2.00 bits per heavy atom. The number of benzene rings is 2. The minimum Gasteiger partial charge on any atom is -0.496 e. The van der Waals surface area contributed by atoms with Crippen LogP contribution in [0.25, 0.3) is 0 Å². The number of methoxy groups -OCH3 is 1. The average molecular weight is 404 g/mol. The van der Waals surface area contributed by atoms with Gasteiger partial charge >= 0.3 is 5.97 Å². The summed E-state index contributed by atoms with van der Waals surface area (Å²) < 4.78 is 11.2. The van der Waals surface area contributed by atoms with Crippen LogP contribution in [0.2, 0.25) is 5.02 Å². The van der Waals surface area contributed by atoms with Gasteiger partial charge in [0.15, 0.2) is 0 Å². The van der Waals surface area contributed by atoms with E-state index >= 15 is 0 Å². The monoisotopic (exact) mass is 403 g/mol. The van der Waals surface area contributed by atoms with Crippen molar-refractivity contribution in [2.45, 2.75) is 38.3 Å². The SMILES string of the molecule is CCOc1ccc(C(c2cc(Cl)ccc2OC)N2CCCCC2C(=O)O)cc1. The van der Waals surface area contributed by atoms with E-state index in [4.69, 9.17) is 21.1 Å². The lowest BCUT2D eigenvalue weighted by molar-refractivity contribution is -0.145. The molecular weight excluding hydrogens is 378 g/mol. The van der Waals surface area contributed by atoms with Gasteiger partial charge < -0.3 is 14.6 Å². The van der Waals surface area contributed by atoms with Crippen molar-refractivity contribution >= 4 is 17.6 Å². The second-order valence-corrected chi connectivity index (χ2v) is 7.31. The second kappa shape index (κ2) is 9.30. The average Bonchev–Trinajstić information content (AvgIpc) is 2.70. The summed E-state index contributed by atoms with van der Waals surface area (Å²) in [6.45, 7) is 3.24. The highest BCUT2D eigenvalue weighted by atomic mass is 35.5. The van der Waals surface area contributed by atoms with Gasteiger partial charge in [-0.15, -0.1) is 0 Å². The van der Waals surface area contributed by atoms with Crippen LogP contribution >= 0.6 is 11.6 Å². The van der Waals surface area contributed by atoms with Gasteiger partial charge in [0.25, 0.3) is 0 Å². The molecule has 0 amide bonds. The Balaban J connectivity index is 2.10. The number of rotatable bonds is 7. The molecule has 2 atom stereocenters. The van der Waals surface area contributed by atoms with Crippen molar-refractivity contribution in [2.75, 3.05) is 20.3 Å². The maximum Gasteiger partial charge on any atom is 0.320 e. The molecule has 2 aromatic rings. The number of halogens is 1. The molecule has 1 aliphatic rings. The number of nitrogens with zero attached hydrogens (tertiary/aromatic N) is 1. The molecule has 1 aliphatic heterocycles. The lowest BCUT2D eigenvalue weighted by Crippen LogP contribution is -2.46. The Kier molecular flexibility index (Phi) is 6.81. The molecule has 28 heavy (non-hydrogen) atoms. The quantitative estimate of drug-likeness (QED) is 0.721. The molecule has 150 valence electrons. The van der Waals surface area contributed by atoms with Crippen molar-refractivity contribution in [1.29, 1.82) is 0 Å². The van der Waals surface area contributed by atoms with E-state index < -0.39 is 12.0 Å². The number of carboxylic acids is 1. The molecule has 2 unspecified atom stereocenters. The van der Waals surface area contributed by atoms with E-state index in [0.717, 1.165) is 29.7 Å². The number of ether oxygens (including phenoxy) is 2. The van der Waals surface area contributed by atoms with Gasteiger partial charge in [-0.25, -0.2) is 0 Å². The maximum atomic E-state index is 12.0. The molecule has 0 spiro atoms. The maximum absolute atomic E-state index is 12.0. The van der Waals surface area contributed by atoms with Crippen LogP contribution in [0, 0.1) is 0 Å². The Morgan fingerprint density at radius 3 is 2.64 bits per heavy atom. The topological polar surface area (TPSA) is 59.0 Å². The van der Waals surface area contributed by atoms with Gasteiger partial charge in [-0.2, -0.15) is 0 Å². The van der Waals surface area contributed by atoms with Gasteiger partial charge in [-0.3, -0.25) is 9.69 Å². The van der Waals surface area contributed by atoms with E-state index in [-0.39, 0.29) is 6.04 Å². The number of hydrogen-bond acceptors (Lipinski definition) is 4. The summed E-state index contributed by atoms with van der Waals surface area (Å²) in [6.07, 6.45) is 2.50. The molecule has 0 aliphatic carbocycles. The zero-order valence-corrected chi connectivity index (χ0v) is 17.0. The third-order valence-electron chi connectivity index (χ3n) is 5.15. The highest BCUT2D eigenvalue weighted by Crippen LogP contribution is 2.40. The summed E-state index contributed by atoms with van der Waals surface area (Å²) >= 11 is 6.30. The van der Waals surface area contributed by atoms with Crippen LogP contribution < -0.4 is 9.47 Å². The van der Waals surface area contributed by atoms with E-state index in [2.05, 4.69) is 4.90 Å². The zero-order valence-electron chi connectivity index (χ0n) is 16.2. The van der Waals surface area contributed by atoms with Crippen molar-refractivity contribution < 1.29 is 19.4 Å². The van der Waals surface area contributed by atoms with Crippen LogP contribution in [0.3, 0.4) is 0 Å². The number of carboxylic acid groups (broad SMARTS) is 1. The van der Waals surface area contributed by atoms with Gasteiger partial charge in [0.1, 0.15) is 17.5 Å². The summed E-state index contributed by atoms with van der Waals surface area (Å²) in [5, 5.41) is 10.4.